The molecule has 5 heteroatoms. The monoisotopic (exact) mass is 260 g/mol. The minimum atomic E-state index is -1.50. The van der Waals surface area contributed by atoms with Gasteiger partial charge >= 0.3 is 5.97 Å². The number of hydrogen-bond donors (Lipinski definition) is 3. The van der Waals surface area contributed by atoms with E-state index in [9.17, 15) is 9.90 Å². The first-order valence-corrected chi connectivity index (χ1v) is 5.82. The van der Waals surface area contributed by atoms with Crippen LogP contribution < -0.4 is 0 Å². The van der Waals surface area contributed by atoms with Crippen LogP contribution in [0.5, 0.6) is 0 Å². The Hall–Kier alpha value is -0.710. The van der Waals surface area contributed by atoms with Crippen molar-refractivity contribution >= 4 is 30.2 Å². The molecule has 0 fully saturated rings. The highest BCUT2D eigenvalue weighted by molar-refractivity contribution is 7.80. The third-order valence-electron chi connectivity index (χ3n) is 2.15. The molecule has 1 unspecified atom stereocenters. The second-order valence-electron chi connectivity index (χ2n) is 3.47. The summed E-state index contributed by atoms with van der Waals surface area (Å²) in [5, 5.41) is 18.1. The number of carboxylic acid groups (broad SMARTS) is 1. The molecular weight excluding hydrogens is 248 g/mol. The van der Waals surface area contributed by atoms with E-state index in [2.05, 4.69) is 12.6 Å². The molecule has 88 valence electrons. The Morgan fingerprint density at radius 1 is 1.44 bits per heavy atom. The van der Waals surface area contributed by atoms with Gasteiger partial charge in [-0.2, -0.15) is 0 Å². The molecule has 0 aliphatic carbocycles. The van der Waals surface area contributed by atoms with E-state index in [4.69, 9.17) is 16.7 Å². The highest BCUT2D eigenvalue weighted by Crippen LogP contribution is 2.20. The van der Waals surface area contributed by atoms with Crippen molar-refractivity contribution in [3.05, 3.63) is 29.3 Å². The third-order valence-corrected chi connectivity index (χ3v) is 2.67. The molecule has 0 saturated heterocycles. The first kappa shape index (κ1) is 13.4. The van der Waals surface area contributed by atoms with Gasteiger partial charge in [0.25, 0.3) is 0 Å². The van der Waals surface area contributed by atoms with Gasteiger partial charge in [0.2, 0.25) is 0 Å². The molecular formula is C11H13ClO3S. The zero-order chi connectivity index (χ0) is 12.1. The molecule has 1 aromatic rings. The fourth-order valence-electron chi connectivity index (χ4n) is 1.42. The lowest BCUT2D eigenvalue weighted by atomic mass is 10.0. The van der Waals surface area contributed by atoms with Crippen LogP contribution in [0.3, 0.4) is 0 Å². The fourth-order valence-corrected chi connectivity index (χ4v) is 1.86. The minimum absolute atomic E-state index is 0.351. The second kappa shape index (κ2) is 6.13. The van der Waals surface area contributed by atoms with E-state index >= 15 is 0 Å². The average molecular weight is 261 g/mol. The summed E-state index contributed by atoms with van der Waals surface area (Å²) in [5.74, 6) is -0.713. The summed E-state index contributed by atoms with van der Waals surface area (Å²) < 4.78 is 0. The number of benzene rings is 1. The highest BCUT2D eigenvalue weighted by Gasteiger charge is 2.16. The molecule has 0 spiro atoms. The lowest BCUT2D eigenvalue weighted by Crippen LogP contribution is -2.10. The van der Waals surface area contributed by atoms with Crippen molar-refractivity contribution in [3.8, 4) is 0 Å². The quantitative estimate of drug-likeness (QED) is 0.562. The van der Waals surface area contributed by atoms with Gasteiger partial charge in [-0.1, -0.05) is 6.07 Å². The van der Waals surface area contributed by atoms with Crippen LogP contribution in [-0.4, -0.2) is 22.1 Å². The van der Waals surface area contributed by atoms with Crippen LogP contribution in [-0.2, 0) is 11.2 Å². The number of carbonyl (C=O) groups is 1. The van der Waals surface area contributed by atoms with Gasteiger partial charge in [0, 0.05) is 10.8 Å². The molecule has 1 rings (SSSR count). The SMILES string of the molecule is O=C(O)C(O)c1cc(S)cc(CCCCl)c1. The van der Waals surface area contributed by atoms with Gasteiger partial charge in [-0.15, -0.1) is 24.2 Å². The van der Waals surface area contributed by atoms with Crippen molar-refractivity contribution in [2.75, 3.05) is 5.88 Å². The van der Waals surface area contributed by atoms with Gasteiger partial charge < -0.3 is 10.2 Å². The van der Waals surface area contributed by atoms with E-state index in [1.807, 2.05) is 6.07 Å². The summed E-state index contributed by atoms with van der Waals surface area (Å²) in [6, 6.07) is 5.06. The maximum atomic E-state index is 10.6. The Bertz CT molecular complexity index is 381. The maximum absolute atomic E-state index is 10.6. The fraction of sp³-hybridized carbons (Fsp3) is 0.364. The third kappa shape index (κ3) is 3.70. The summed E-state index contributed by atoms with van der Waals surface area (Å²) in [6.45, 7) is 0. The molecule has 0 aliphatic rings. The molecule has 1 atom stereocenters. The van der Waals surface area contributed by atoms with Gasteiger partial charge in [0.05, 0.1) is 0 Å². The van der Waals surface area contributed by atoms with E-state index in [1.54, 1.807) is 12.1 Å². The van der Waals surface area contributed by atoms with Crippen molar-refractivity contribution in [1.82, 2.24) is 0 Å². The summed E-state index contributed by atoms with van der Waals surface area (Å²) in [5.41, 5.74) is 1.29. The molecule has 2 N–H and O–H groups in total. The zero-order valence-electron chi connectivity index (χ0n) is 8.56. The van der Waals surface area contributed by atoms with Crippen LogP contribution in [0, 0.1) is 0 Å². The number of aryl methyl sites for hydroxylation is 1. The Morgan fingerprint density at radius 2 is 2.12 bits per heavy atom. The van der Waals surface area contributed by atoms with Gasteiger partial charge in [0.15, 0.2) is 6.10 Å². The zero-order valence-corrected chi connectivity index (χ0v) is 10.2. The Morgan fingerprint density at radius 3 is 2.69 bits per heavy atom. The number of alkyl halides is 1. The number of carboxylic acids is 1. The second-order valence-corrected chi connectivity index (χ2v) is 4.36. The minimum Gasteiger partial charge on any atom is -0.479 e. The largest absolute Gasteiger partial charge is 0.479 e. The van der Waals surface area contributed by atoms with Crippen LogP contribution in [0.4, 0.5) is 0 Å². The molecule has 1 aromatic carbocycles. The van der Waals surface area contributed by atoms with Crippen LogP contribution >= 0.6 is 24.2 Å². The summed E-state index contributed by atoms with van der Waals surface area (Å²) in [4.78, 5) is 11.3. The number of hydrogen-bond acceptors (Lipinski definition) is 3. The molecule has 3 nitrogen and oxygen atoms in total. The van der Waals surface area contributed by atoms with Crippen LogP contribution in [0.15, 0.2) is 23.1 Å². The molecule has 0 heterocycles. The molecule has 0 amide bonds. The van der Waals surface area contributed by atoms with Crippen molar-refractivity contribution < 1.29 is 15.0 Å². The van der Waals surface area contributed by atoms with Crippen molar-refractivity contribution in [2.24, 2.45) is 0 Å². The van der Waals surface area contributed by atoms with Gasteiger partial charge in [0.1, 0.15) is 0 Å². The number of aliphatic hydroxyl groups is 1. The van der Waals surface area contributed by atoms with E-state index in [-0.39, 0.29) is 0 Å². The summed E-state index contributed by atoms with van der Waals surface area (Å²) in [6.07, 6.45) is 0.0559. The van der Waals surface area contributed by atoms with Gasteiger partial charge in [-0.3, -0.25) is 0 Å². The number of aliphatic hydroxyl groups excluding tert-OH is 1. The standard InChI is InChI=1S/C11H13ClO3S/c12-3-1-2-7-4-8(6-9(16)5-7)10(13)11(14)15/h4-6,10,13,16H,1-3H2,(H,14,15). The Balaban J connectivity index is 2.93. The number of thiol groups is 1. The lowest BCUT2D eigenvalue weighted by Gasteiger charge is -2.09. The Kier molecular flexibility index (Phi) is 5.12. The first-order valence-electron chi connectivity index (χ1n) is 4.84. The first-order chi connectivity index (χ1) is 7.54. The summed E-state index contributed by atoms with van der Waals surface area (Å²) in [7, 11) is 0. The smallest absolute Gasteiger partial charge is 0.337 e. The number of aliphatic carboxylic acids is 1. The highest BCUT2D eigenvalue weighted by atomic mass is 35.5. The van der Waals surface area contributed by atoms with Crippen LogP contribution in [0.25, 0.3) is 0 Å². The van der Waals surface area contributed by atoms with E-state index in [0.29, 0.717) is 16.3 Å². The normalized spacial score (nSPS) is 12.4. The topological polar surface area (TPSA) is 57.5 Å². The molecule has 0 aromatic heterocycles. The number of rotatable bonds is 5. The Labute approximate surface area is 104 Å². The number of halogens is 1. The molecule has 0 bridgehead atoms. The predicted molar refractivity (Wildman–Crippen MR) is 65.3 cm³/mol. The lowest BCUT2D eigenvalue weighted by molar-refractivity contribution is -0.146. The predicted octanol–water partition coefficient (Wildman–Crippen LogP) is 2.26. The maximum Gasteiger partial charge on any atom is 0.337 e. The molecule has 16 heavy (non-hydrogen) atoms. The molecule has 0 saturated carbocycles. The van der Waals surface area contributed by atoms with Crippen LogP contribution in [0.2, 0.25) is 0 Å². The molecule has 0 aliphatic heterocycles. The molecule has 0 radical (unpaired) electrons. The van der Waals surface area contributed by atoms with Crippen molar-refractivity contribution in [1.29, 1.82) is 0 Å². The van der Waals surface area contributed by atoms with Gasteiger partial charge in [-0.25, -0.2) is 4.79 Å². The van der Waals surface area contributed by atoms with E-state index < -0.39 is 12.1 Å². The van der Waals surface area contributed by atoms with E-state index in [0.717, 1.165) is 18.4 Å². The van der Waals surface area contributed by atoms with Gasteiger partial charge in [-0.05, 0) is 36.1 Å². The van der Waals surface area contributed by atoms with E-state index in [1.165, 1.54) is 0 Å². The van der Waals surface area contributed by atoms with Crippen molar-refractivity contribution in [2.45, 2.75) is 23.8 Å². The summed E-state index contributed by atoms with van der Waals surface area (Å²) >= 11 is 9.75. The average Bonchev–Trinajstić information content (AvgIpc) is 2.24. The van der Waals surface area contributed by atoms with Crippen molar-refractivity contribution in [3.63, 3.8) is 0 Å². The van der Waals surface area contributed by atoms with Crippen LogP contribution in [0.1, 0.15) is 23.7 Å².